The Bertz CT molecular complexity index is 829. The molecule has 1 amide bonds. The van der Waals surface area contributed by atoms with Crippen LogP contribution in [0.4, 0.5) is 5.82 Å². The molecule has 3 rings (SSSR count). The van der Waals surface area contributed by atoms with Gasteiger partial charge in [-0.3, -0.25) is 9.69 Å². The summed E-state index contributed by atoms with van der Waals surface area (Å²) >= 11 is 3.24. The number of anilines is 1. The van der Waals surface area contributed by atoms with Crippen molar-refractivity contribution in [2.45, 2.75) is 6.54 Å². The molecule has 0 saturated heterocycles. The number of carbonyl (C=O) groups is 1. The van der Waals surface area contributed by atoms with E-state index in [9.17, 15) is 4.79 Å². The van der Waals surface area contributed by atoms with Crippen molar-refractivity contribution in [2.24, 2.45) is 0 Å². The first kappa shape index (κ1) is 16.2. The molecular formula is C19H15BrN2O2. The van der Waals surface area contributed by atoms with E-state index < -0.39 is 0 Å². The second-order valence-electron chi connectivity index (χ2n) is 5.07. The third-order valence-corrected chi connectivity index (χ3v) is 3.79. The predicted octanol–water partition coefficient (Wildman–Crippen LogP) is 4.68. The molecule has 0 aliphatic rings. The number of carbonyl (C=O) groups excluding carboxylic acids is 1. The van der Waals surface area contributed by atoms with Crippen molar-refractivity contribution in [3.8, 4) is 0 Å². The van der Waals surface area contributed by atoms with E-state index in [-0.39, 0.29) is 5.91 Å². The van der Waals surface area contributed by atoms with Crippen LogP contribution in [0.3, 0.4) is 0 Å². The SMILES string of the molecule is O=C(/C=C/c1ccc(Br)o1)N(Cc1ccccc1)c1ccccn1. The topological polar surface area (TPSA) is 46.3 Å². The summed E-state index contributed by atoms with van der Waals surface area (Å²) in [4.78, 5) is 18.6. The van der Waals surface area contributed by atoms with Crippen molar-refractivity contribution in [3.63, 3.8) is 0 Å². The molecule has 0 N–H and O–H groups in total. The van der Waals surface area contributed by atoms with Crippen LogP contribution in [0.1, 0.15) is 11.3 Å². The molecule has 0 saturated carbocycles. The van der Waals surface area contributed by atoms with E-state index in [1.807, 2.05) is 48.5 Å². The Morgan fingerprint density at radius 3 is 2.54 bits per heavy atom. The number of hydrogen-bond acceptors (Lipinski definition) is 3. The standard InChI is InChI=1S/C19H15BrN2O2/c20-17-11-9-16(24-17)10-12-19(23)22(18-8-4-5-13-21-18)14-15-6-2-1-3-7-15/h1-13H,14H2/b12-10+. The number of hydrogen-bond donors (Lipinski definition) is 0. The molecule has 0 atom stereocenters. The van der Waals surface area contributed by atoms with Gasteiger partial charge in [0.2, 0.25) is 0 Å². The highest BCUT2D eigenvalue weighted by molar-refractivity contribution is 9.10. The number of amides is 1. The summed E-state index contributed by atoms with van der Waals surface area (Å²) in [6, 6.07) is 18.9. The van der Waals surface area contributed by atoms with E-state index >= 15 is 0 Å². The molecule has 0 unspecified atom stereocenters. The molecule has 120 valence electrons. The van der Waals surface area contributed by atoms with E-state index in [0.717, 1.165) is 5.56 Å². The van der Waals surface area contributed by atoms with E-state index in [1.165, 1.54) is 6.08 Å². The second-order valence-corrected chi connectivity index (χ2v) is 5.85. The van der Waals surface area contributed by atoms with E-state index in [2.05, 4.69) is 20.9 Å². The lowest BCUT2D eigenvalue weighted by molar-refractivity contribution is -0.114. The zero-order chi connectivity index (χ0) is 16.8. The molecule has 3 aromatic rings. The normalized spacial score (nSPS) is 10.9. The van der Waals surface area contributed by atoms with Gasteiger partial charge in [-0.2, -0.15) is 0 Å². The molecule has 0 radical (unpaired) electrons. The number of furan rings is 1. The fourth-order valence-electron chi connectivity index (χ4n) is 2.21. The van der Waals surface area contributed by atoms with Gasteiger partial charge in [-0.25, -0.2) is 4.98 Å². The van der Waals surface area contributed by atoms with Crippen LogP contribution in [0.15, 0.2) is 82.0 Å². The Morgan fingerprint density at radius 2 is 1.88 bits per heavy atom. The Balaban J connectivity index is 1.83. The van der Waals surface area contributed by atoms with Crippen LogP contribution in [0.25, 0.3) is 6.08 Å². The second kappa shape index (κ2) is 7.75. The van der Waals surface area contributed by atoms with Crippen molar-refractivity contribution < 1.29 is 9.21 Å². The van der Waals surface area contributed by atoms with Crippen LogP contribution < -0.4 is 4.90 Å². The highest BCUT2D eigenvalue weighted by Gasteiger charge is 2.15. The zero-order valence-electron chi connectivity index (χ0n) is 12.8. The molecular weight excluding hydrogens is 368 g/mol. The minimum absolute atomic E-state index is 0.162. The maximum atomic E-state index is 12.7. The van der Waals surface area contributed by atoms with Gasteiger partial charge in [-0.15, -0.1) is 0 Å². The molecule has 5 heteroatoms. The van der Waals surface area contributed by atoms with Gasteiger partial charge in [-0.1, -0.05) is 36.4 Å². The zero-order valence-corrected chi connectivity index (χ0v) is 14.4. The van der Waals surface area contributed by atoms with Crippen LogP contribution in [-0.2, 0) is 11.3 Å². The maximum absolute atomic E-state index is 12.7. The van der Waals surface area contributed by atoms with E-state index in [0.29, 0.717) is 22.8 Å². The first-order valence-electron chi connectivity index (χ1n) is 7.42. The molecule has 1 aromatic carbocycles. The maximum Gasteiger partial charge on any atom is 0.252 e. The molecule has 0 aliphatic carbocycles. The molecule has 24 heavy (non-hydrogen) atoms. The number of aromatic nitrogens is 1. The number of rotatable bonds is 5. The Kier molecular flexibility index (Phi) is 5.23. The highest BCUT2D eigenvalue weighted by atomic mass is 79.9. The summed E-state index contributed by atoms with van der Waals surface area (Å²) in [5, 5.41) is 0. The highest BCUT2D eigenvalue weighted by Crippen LogP contribution is 2.17. The average molecular weight is 383 g/mol. The van der Waals surface area contributed by atoms with E-state index in [1.54, 1.807) is 29.3 Å². The average Bonchev–Trinajstić information content (AvgIpc) is 3.04. The molecule has 0 aliphatic heterocycles. The first-order valence-corrected chi connectivity index (χ1v) is 8.21. The smallest absolute Gasteiger partial charge is 0.252 e. The van der Waals surface area contributed by atoms with Gasteiger partial charge in [-0.05, 0) is 51.8 Å². The van der Waals surface area contributed by atoms with E-state index in [4.69, 9.17) is 4.42 Å². The van der Waals surface area contributed by atoms with Crippen LogP contribution in [0, 0.1) is 0 Å². The lowest BCUT2D eigenvalue weighted by Gasteiger charge is -2.20. The van der Waals surface area contributed by atoms with Crippen molar-refractivity contribution in [2.75, 3.05) is 4.90 Å². The van der Waals surface area contributed by atoms with Crippen LogP contribution >= 0.6 is 15.9 Å². The van der Waals surface area contributed by atoms with Crippen molar-refractivity contribution in [1.82, 2.24) is 4.98 Å². The van der Waals surface area contributed by atoms with Crippen molar-refractivity contribution in [3.05, 3.63) is 88.9 Å². The summed E-state index contributed by atoms with van der Waals surface area (Å²) in [6.45, 7) is 0.447. The summed E-state index contributed by atoms with van der Waals surface area (Å²) in [6.07, 6.45) is 4.81. The Morgan fingerprint density at radius 1 is 1.08 bits per heavy atom. The van der Waals surface area contributed by atoms with Gasteiger partial charge in [0.15, 0.2) is 4.67 Å². The number of nitrogens with zero attached hydrogens (tertiary/aromatic N) is 2. The van der Waals surface area contributed by atoms with Crippen molar-refractivity contribution in [1.29, 1.82) is 0 Å². The van der Waals surface area contributed by atoms with Gasteiger partial charge in [0, 0.05) is 12.3 Å². The third-order valence-electron chi connectivity index (χ3n) is 3.36. The number of pyridine rings is 1. The summed E-state index contributed by atoms with van der Waals surface area (Å²) in [5.74, 6) is 1.05. The molecule has 0 bridgehead atoms. The number of halogens is 1. The summed E-state index contributed by atoms with van der Waals surface area (Å²) in [5.41, 5.74) is 1.03. The Labute approximate surface area is 148 Å². The van der Waals surface area contributed by atoms with Gasteiger partial charge in [0.05, 0.1) is 6.54 Å². The molecule has 2 aromatic heterocycles. The van der Waals surface area contributed by atoms with Gasteiger partial charge in [0.25, 0.3) is 5.91 Å². The van der Waals surface area contributed by atoms with Crippen LogP contribution in [0.5, 0.6) is 0 Å². The van der Waals surface area contributed by atoms with Gasteiger partial charge >= 0.3 is 0 Å². The minimum atomic E-state index is -0.162. The molecule has 0 fully saturated rings. The molecule has 0 spiro atoms. The lowest BCUT2D eigenvalue weighted by atomic mass is 10.2. The predicted molar refractivity (Wildman–Crippen MR) is 97.3 cm³/mol. The lowest BCUT2D eigenvalue weighted by Crippen LogP contribution is -2.29. The van der Waals surface area contributed by atoms with Crippen molar-refractivity contribution >= 4 is 33.7 Å². The summed E-state index contributed by atoms with van der Waals surface area (Å²) < 4.78 is 6.01. The first-order chi connectivity index (χ1) is 11.7. The largest absolute Gasteiger partial charge is 0.450 e. The fourth-order valence-corrected chi connectivity index (χ4v) is 2.53. The van der Waals surface area contributed by atoms with Gasteiger partial charge in [0.1, 0.15) is 11.6 Å². The fraction of sp³-hybridized carbons (Fsp3) is 0.0526. The Hall–Kier alpha value is -2.66. The van der Waals surface area contributed by atoms with Crippen LogP contribution in [-0.4, -0.2) is 10.9 Å². The van der Waals surface area contributed by atoms with Gasteiger partial charge < -0.3 is 4.42 Å². The molecule has 2 heterocycles. The van der Waals surface area contributed by atoms with Crippen LogP contribution in [0.2, 0.25) is 0 Å². The quantitative estimate of drug-likeness (QED) is 0.601. The summed E-state index contributed by atoms with van der Waals surface area (Å²) in [7, 11) is 0. The monoisotopic (exact) mass is 382 g/mol. The third kappa shape index (κ3) is 4.20. The molecule has 4 nitrogen and oxygen atoms in total. The minimum Gasteiger partial charge on any atom is -0.450 e. The number of benzene rings is 1.